The maximum atomic E-state index is 13.1. The summed E-state index contributed by atoms with van der Waals surface area (Å²) in [4.78, 5) is 12.6. The van der Waals surface area contributed by atoms with Gasteiger partial charge >= 0.3 is 6.29 Å². The number of carbonyl (C=O) groups is 1. The van der Waals surface area contributed by atoms with E-state index in [9.17, 15) is 26.4 Å². The van der Waals surface area contributed by atoms with Crippen LogP contribution in [0.25, 0.3) is 0 Å². The molecule has 4 rings (SSSR count). The number of fused-ring (bicyclic) bond motifs is 1. The second-order valence-electron chi connectivity index (χ2n) is 6.55. The van der Waals surface area contributed by atoms with Gasteiger partial charge in [0.15, 0.2) is 11.5 Å². The van der Waals surface area contributed by atoms with Gasteiger partial charge in [0.2, 0.25) is 15.9 Å². The third-order valence-electron chi connectivity index (χ3n) is 4.60. The zero-order valence-electron chi connectivity index (χ0n) is 14.8. The Hall–Kier alpha value is -2.79. The summed E-state index contributed by atoms with van der Waals surface area (Å²) in [6.07, 6.45) is -3.03. The molecule has 1 amide bonds. The molecule has 0 radical (unpaired) electrons. The van der Waals surface area contributed by atoms with E-state index >= 15 is 0 Å². The van der Waals surface area contributed by atoms with Gasteiger partial charge in [-0.3, -0.25) is 4.79 Å². The highest BCUT2D eigenvalue weighted by atomic mass is 32.2. The lowest BCUT2D eigenvalue weighted by molar-refractivity contribution is -0.286. The van der Waals surface area contributed by atoms with Gasteiger partial charge in [0.1, 0.15) is 11.9 Å². The molecule has 2 heterocycles. The van der Waals surface area contributed by atoms with Crippen molar-refractivity contribution in [1.29, 1.82) is 0 Å². The maximum absolute atomic E-state index is 13.1. The number of hydrogen-bond acceptors (Lipinski definition) is 5. The van der Waals surface area contributed by atoms with Gasteiger partial charge in [-0.05, 0) is 49.2 Å². The smallest absolute Gasteiger partial charge is 0.395 e. The number of anilines is 1. The van der Waals surface area contributed by atoms with Crippen LogP contribution in [0, 0.1) is 5.82 Å². The number of nitrogens with one attached hydrogen (secondary N) is 1. The van der Waals surface area contributed by atoms with Crippen molar-refractivity contribution in [3.63, 3.8) is 0 Å². The molecule has 2 aliphatic rings. The minimum atomic E-state index is -4.00. The Morgan fingerprint density at radius 1 is 1.10 bits per heavy atom. The first-order valence-electron chi connectivity index (χ1n) is 8.64. The summed E-state index contributed by atoms with van der Waals surface area (Å²) in [5.74, 6) is -1.60. The molecule has 2 aromatic carbocycles. The van der Waals surface area contributed by atoms with Gasteiger partial charge in [-0.1, -0.05) is 0 Å². The van der Waals surface area contributed by atoms with Gasteiger partial charge in [-0.2, -0.15) is 4.31 Å². The highest BCUT2D eigenvalue weighted by Crippen LogP contribution is 2.42. The minimum Gasteiger partial charge on any atom is -0.395 e. The number of sulfonamides is 1. The van der Waals surface area contributed by atoms with Gasteiger partial charge in [-0.15, -0.1) is 8.78 Å². The van der Waals surface area contributed by atoms with Crippen molar-refractivity contribution in [2.24, 2.45) is 0 Å². The first-order valence-corrected chi connectivity index (χ1v) is 10.1. The van der Waals surface area contributed by atoms with Gasteiger partial charge in [0.05, 0.1) is 4.90 Å². The number of amides is 1. The number of rotatable bonds is 4. The molecular formula is C18H15F3N2O5S. The fraction of sp³-hybridized carbons (Fsp3) is 0.278. The van der Waals surface area contributed by atoms with Gasteiger partial charge < -0.3 is 14.8 Å². The molecule has 1 atom stereocenters. The summed E-state index contributed by atoms with van der Waals surface area (Å²) in [7, 11) is -4.00. The Kier molecular flexibility index (Phi) is 4.66. The van der Waals surface area contributed by atoms with Crippen molar-refractivity contribution in [1.82, 2.24) is 4.31 Å². The van der Waals surface area contributed by atoms with Crippen molar-refractivity contribution in [3.05, 3.63) is 48.3 Å². The van der Waals surface area contributed by atoms with E-state index in [1.807, 2.05) is 0 Å². The zero-order valence-corrected chi connectivity index (χ0v) is 15.6. The second kappa shape index (κ2) is 6.92. The van der Waals surface area contributed by atoms with E-state index in [1.165, 1.54) is 18.2 Å². The van der Waals surface area contributed by atoms with E-state index in [-0.39, 0.29) is 35.0 Å². The van der Waals surface area contributed by atoms with Gasteiger partial charge in [0.25, 0.3) is 0 Å². The molecule has 2 aliphatic heterocycles. The van der Waals surface area contributed by atoms with Gasteiger partial charge in [-0.25, -0.2) is 12.8 Å². The highest BCUT2D eigenvalue weighted by Gasteiger charge is 2.44. The van der Waals surface area contributed by atoms with E-state index < -0.39 is 34.1 Å². The average molecular weight is 428 g/mol. The number of benzene rings is 2. The fourth-order valence-corrected chi connectivity index (χ4v) is 4.94. The molecule has 1 fully saturated rings. The van der Waals surface area contributed by atoms with Crippen molar-refractivity contribution in [2.45, 2.75) is 30.1 Å². The van der Waals surface area contributed by atoms with Crippen LogP contribution in [0.1, 0.15) is 12.8 Å². The zero-order chi connectivity index (χ0) is 20.8. The lowest BCUT2D eigenvalue weighted by atomic mass is 10.2. The molecule has 11 heteroatoms. The molecule has 0 aliphatic carbocycles. The Morgan fingerprint density at radius 2 is 1.79 bits per heavy atom. The molecule has 29 heavy (non-hydrogen) atoms. The van der Waals surface area contributed by atoms with E-state index in [1.54, 1.807) is 0 Å². The summed E-state index contributed by atoms with van der Waals surface area (Å²) in [6, 6.07) is 7.06. The summed E-state index contributed by atoms with van der Waals surface area (Å²) < 4.78 is 74.7. The Balaban J connectivity index is 1.52. The van der Waals surface area contributed by atoms with Crippen LogP contribution in [0.2, 0.25) is 0 Å². The fourth-order valence-electron chi connectivity index (χ4n) is 3.28. The first kappa shape index (κ1) is 19.5. The van der Waals surface area contributed by atoms with E-state index in [0.717, 1.165) is 28.6 Å². The minimum absolute atomic E-state index is 0.121. The summed E-state index contributed by atoms with van der Waals surface area (Å²) in [5, 5.41) is 2.52. The van der Waals surface area contributed by atoms with Gasteiger partial charge in [0, 0.05) is 18.3 Å². The molecule has 0 aromatic heterocycles. The number of hydrogen-bond donors (Lipinski definition) is 1. The number of halogens is 3. The molecule has 0 unspecified atom stereocenters. The monoisotopic (exact) mass is 428 g/mol. The topological polar surface area (TPSA) is 84.9 Å². The maximum Gasteiger partial charge on any atom is 0.586 e. The second-order valence-corrected chi connectivity index (χ2v) is 8.44. The Morgan fingerprint density at radius 3 is 2.52 bits per heavy atom. The van der Waals surface area contributed by atoms with Crippen LogP contribution in [0.5, 0.6) is 11.5 Å². The first-order chi connectivity index (χ1) is 13.7. The van der Waals surface area contributed by atoms with Crippen LogP contribution in [-0.2, 0) is 14.8 Å². The predicted molar refractivity (Wildman–Crippen MR) is 94.6 cm³/mol. The van der Waals surface area contributed by atoms with Crippen molar-refractivity contribution in [3.8, 4) is 11.5 Å². The highest BCUT2D eigenvalue weighted by molar-refractivity contribution is 7.89. The lowest BCUT2D eigenvalue weighted by Crippen LogP contribution is -2.43. The van der Waals surface area contributed by atoms with Crippen LogP contribution in [0.3, 0.4) is 0 Å². The quantitative estimate of drug-likeness (QED) is 0.810. The SMILES string of the molecule is O=C(Nc1ccc2c(c1)OC(F)(F)O2)[C@H]1CCCN1S(=O)(=O)c1ccc(F)cc1. The molecule has 7 nitrogen and oxygen atoms in total. The van der Waals surface area contributed by atoms with Crippen LogP contribution in [-0.4, -0.2) is 37.5 Å². The Bertz CT molecular complexity index is 1060. The van der Waals surface area contributed by atoms with Crippen molar-refractivity contribution >= 4 is 21.6 Å². The molecule has 0 bridgehead atoms. The van der Waals surface area contributed by atoms with E-state index in [0.29, 0.717) is 6.42 Å². The number of ether oxygens (including phenoxy) is 2. The number of carbonyl (C=O) groups excluding carboxylic acids is 1. The van der Waals surface area contributed by atoms with Crippen LogP contribution >= 0.6 is 0 Å². The summed E-state index contributed by atoms with van der Waals surface area (Å²) >= 11 is 0. The normalized spacial score (nSPS) is 20.6. The predicted octanol–water partition coefficient (Wildman–Crippen LogP) is 2.94. The van der Waals surface area contributed by atoms with Crippen molar-refractivity contribution in [2.75, 3.05) is 11.9 Å². The van der Waals surface area contributed by atoms with Crippen LogP contribution in [0.4, 0.5) is 18.9 Å². The van der Waals surface area contributed by atoms with E-state index in [4.69, 9.17) is 0 Å². The largest absolute Gasteiger partial charge is 0.586 e. The standard InChI is InChI=1S/C18H15F3N2O5S/c19-11-3-6-13(7-4-11)29(25,26)23-9-1-2-14(23)17(24)22-12-5-8-15-16(10-12)28-18(20,21)27-15/h3-8,10,14H,1-2,9H2,(H,22,24)/t14-/m1/s1. The lowest BCUT2D eigenvalue weighted by Gasteiger charge is -2.23. The molecular weight excluding hydrogens is 413 g/mol. The molecule has 0 spiro atoms. The Labute approximate surface area is 164 Å². The molecule has 0 saturated carbocycles. The summed E-state index contributed by atoms with van der Waals surface area (Å²) in [6.45, 7) is 0.130. The molecule has 1 saturated heterocycles. The third-order valence-corrected chi connectivity index (χ3v) is 6.52. The summed E-state index contributed by atoms with van der Waals surface area (Å²) in [5.41, 5.74) is 0.154. The van der Waals surface area contributed by atoms with Crippen LogP contribution < -0.4 is 14.8 Å². The average Bonchev–Trinajstić information content (AvgIpc) is 3.25. The molecule has 154 valence electrons. The van der Waals surface area contributed by atoms with Crippen LogP contribution in [0.15, 0.2) is 47.4 Å². The number of alkyl halides is 2. The number of nitrogens with zero attached hydrogens (tertiary/aromatic N) is 1. The molecule has 1 N–H and O–H groups in total. The third kappa shape index (κ3) is 3.75. The van der Waals surface area contributed by atoms with E-state index in [2.05, 4.69) is 14.8 Å². The van der Waals surface area contributed by atoms with Crippen molar-refractivity contribution < 1.29 is 35.9 Å². The molecule has 2 aromatic rings.